The van der Waals surface area contributed by atoms with Crippen LogP contribution in [0.25, 0.3) is 0 Å². The van der Waals surface area contributed by atoms with E-state index in [0.29, 0.717) is 17.6 Å². The molecule has 0 aliphatic carbocycles. The third kappa shape index (κ3) is 1.45. The number of hydrogen-bond acceptors (Lipinski definition) is 3. The van der Waals surface area contributed by atoms with Crippen LogP contribution in [-0.2, 0) is 0 Å². The molecule has 86 valence electrons. The Balaban J connectivity index is 1.75. The topological polar surface area (TPSA) is 45.5 Å². The van der Waals surface area contributed by atoms with Crippen LogP contribution in [0.3, 0.4) is 0 Å². The van der Waals surface area contributed by atoms with Crippen molar-refractivity contribution in [2.75, 3.05) is 26.2 Å². The van der Waals surface area contributed by atoms with Crippen LogP contribution in [0.15, 0.2) is 16.7 Å². The van der Waals surface area contributed by atoms with E-state index >= 15 is 0 Å². The first-order chi connectivity index (χ1) is 7.75. The Morgan fingerprint density at radius 2 is 2.12 bits per heavy atom. The van der Waals surface area contributed by atoms with Gasteiger partial charge < -0.3 is 14.6 Å². The molecule has 16 heavy (non-hydrogen) atoms. The van der Waals surface area contributed by atoms with E-state index in [4.69, 9.17) is 4.42 Å². The molecule has 0 aromatic carbocycles. The Hall–Kier alpha value is -1.29. The molecule has 2 aliphatic rings. The number of carbonyl (C=O) groups is 1. The summed E-state index contributed by atoms with van der Waals surface area (Å²) >= 11 is 0. The predicted octanol–water partition coefficient (Wildman–Crippen LogP) is 0.879. The van der Waals surface area contributed by atoms with Gasteiger partial charge in [-0.05, 0) is 24.8 Å². The number of hydrogen-bond donors (Lipinski definition) is 1. The summed E-state index contributed by atoms with van der Waals surface area (Å²) in [7, 11) is 0. The molecule has 0 saturated carbocycles. The molecule has 2 saturated heterocycles. The second-order valence-corrected chi connectivity index (χ2v) is 4.82. The van der Waals surface area contributed by atoms with Crippen molar-refractivity contribution in [2.45, 2.75) is 6.92 Å². The molecule has 0 radical (unpaired) electrons. The molecule has 0 spiro atoms. The molecule has 2 unspecified atom stereocenters. The fraction of sp³-hybridized carbons (Fsp3) is 0.583. The Morgan fingerprint density at radius 1 is 1.44 bits per heavy atom. The highest BCUT2D eigenvalue weighted by atomic mass is 16.3. The minimum absolute atomic E-state index is 0.0527. The lowest BCUT2D eigenvalue weighted by molar-refractivity contribution is 0.0749. The lowest BCUT2D eigenvalue weighted by Gasteiger charge is -2.16. The molecule has 2 atom stereocenters. The lowest BCUT2D eigenvalue weighted by atomic mass is 10.0. The number of nitrogens with zero attached hydrogens (tertiary/aromatic N) is 1. The maximum atomic E-state index is 12.2. The molecule has 1 aromatic heterocycles. The molecule has 1 amide bonds. The highest BCUT2D eigenvalue weighted by Crippen LogP contribution is 2.27. The van der Waals surface area contributed by atoms with Crippen molar-refractivity contribution in [3.63, 3.8) is 0 Å². The van der Waals surface area contributed by atoms with Gasteiger partial charge in [0.25, 0.3) is 5.91 Å². The number of aryl methyl sites for hydroxylation is 1. The second kappa shape index (κ2) is 3.63. The summed E-state index contributed by atoms with van der Waals surface area (Å²) in [5.41, 5.74) is 0.931. The van der Waals surface area contributed by atoms with Crippen LogP contribution in [0.1, 0.15) is 16.1 Å². The Bertz CT molecular complexity index is 401. The monoisotopic (exact) mass is 220 g/mol. The molecule has 2 aliphatic heterocycles. The summed E-state index contributed by atoms with van der Waals surface area (Å²) in [6.45, 7) is 5.75. The van der Waals surface area contributed by atoms with E-state index in [1.165, 1.54) is 0 Å². The van der Waals surface area contributed by atoms with Gasteiger partial charge in [0.1, 0.15) is 0 Å². The van der Waals surface area contributed by atoms with Gasteiger partial charge in [0.05, 0.1) is 6.26 Å². The average Bonchev–Trinajstić information content (AvgIpc) is 2.89. The normalized spacial score (nSPS) is 28.4. The van der Waals surface area contributed by atoms with E-state index < -0.39 is 0 Å². The summed E-state index contributed by atoms with van der Waals surface area (Å²) in [6.07, 6.45) is 1.58. The SMILES string of the molecule is Cc1ccoc1C(=O)N1CC2CNCC2C1. The van der Waals surface area contributed by atoms with E-state index in [9.17, 15) is 4.79 Å². The van der Waals surface area contributed by atoms with Gasteiger partial charge >= 0.3 is 0 Å². The van der Waals surface area contributed by atoms with Crippen molar-refractivity contribution in [3.05, 3.63) is 23.7 Å². The molecule has 2 fully saturated rings. The quantitative estimate of drug-likeness (QED) is 0.764. The summed E-state index contributed by atoms with van der Waals surface area (Å²) in [5.74, 6) is 1.84. The zero-order chi connectivity index (χ0) is 11.1. The number of nitrogens with one attached hydrogen (secondary N) is 1. The maximum absolute atomic E-state index is 12.2. The third-order valence-corrected chi connectivity index (χ3v) is 3.73. The zero-order valence-electron chi connectivity index (χ0n) is 9.40. The van der Waals surface area contributed by atoms with E-state index in [1.807, 2.05) is 17.9 Å². The van der Waals surface area contributed by atoms with Crippen LogP contribution < -0.4 is 5.32 Å². The molecular weight excluding hydrogens is 204 g/mol. The van der Waals surface area contributed by atoms with Crippen molar-refractivity contribution >= 4 is 5.91 Å². The highest BCUT2D eigenvalue weighted by Gasteiger charge is 2.39. The van der Waals surface area contributed by atoms with Crippen LogP contribution in [-0.4, -0.2) is 37.0 Å². The maximum Gasteiger partial charge on any atom is 0.289 e. The first-order valence-electron chi connectivity index (χ1n) is 5.80. The van der Waals surface area contributed by atoms with Gasteiger partial charge in [-0.2, -0.15) is 0 Å². The number of furan rings is 1. The third-order valence-electron chi connectivity index (χ3n) is 3.73. The van der Waals surface area contributed by atoms with Crippen LogP contribution in [0.4, 0.5) is 0 Å². The largest absolute Gasteiger partial charge is 0.459 e. The number of rotatable bonds is 1. The Morgan fingerprint density at radius 3 is 2.69 bits per heavy atom. The molecule has 3 rings (SSSR count). The summed E-state index contributed by atoms with van der Waals surface area (Å²) in [4.78, 5) is 14.1. The first-order valence-corrected chi connectivity index (χ1v) is 5.80. The van der Waals surface area contributed by atoms with Gasteiger partial charge in [-0.3, -0.25) is 4.79 Å². The predicted molar refractivity (Wildman–Crippen MR) is 59.2 cm³/mol. The fourth-order valence-corrected chi connectivity index (χ4v) is 2.76. The number of amides is 1. The lowest BCUT2D eigenvalue weighted by Crippen LogP contribution is -2.31. The second-order valence-electron chi connectivity index (χ2n) is 4.82. The van der Waals surface area contributed by atoms with Crippen LogP contribution in [0.2, 0.25) is 0 Å². The molecular formula is C12H16N2O2. The molecule has 4 heteroatoms. The van der Waals surface area contributed by atoms with Crippen molar-refractivity contribution in [1.29, 1.82) is 0 Å². The van der Waals surface area contributed by atoms with Gasteiger partial charge in [0.2, 0.25) is 0 Å². The highest BCUT2D eigenvalue weighted by molar-refractivity contribution is 5.93. The van der Waals surface area contributed by atoms with Crippen molar-refractivity contribution in [3.8, 4) is 0 Å². The van der Waals surface area contributed by atoms with Crippen LogP contribution in [0.5, 0.6) is 0 Å². The van der Waals surface area contributed by atoms with E-state index in [0.717, 1.165) is 31.7 Å². The standard InChI is InChI=1S/C12H16N2O2/c1-8-2-3-16-11(8)12(15)14-6-9-4-13-5-10(9)7-14/h2-3,9-10,13H,4-7H2,1H3. The smallest absolute Gasteiger partial charge is 0.289 e. The average molecular weight is 220 g/mol. The molecule has 1 aromatic rings. The summed E-state index contributed by atoms with van der Waals surface area (Å²) in [5, 5.41) is 3.37. The molecule has 3 heterocycles. The summed E-state index contributed by atoms with van der Waals surface area (Å²) in [6, 6.07) is 1.84. The fourth-order valence-electron chi connectivity index (χ4n) is 2.76. The molecule has 1 N–H and O–H groups in total. The van der Waals surface area contributed by atoms with E-state index in [-0.39, 0.29) is 5.91 Å². The van der Waals surface area contributed by atoms with Crippen LogP contribution in [0, 0.1) is 18.8 Å². The van der Waals surface area contributed by atoms with Crippen molar-refractivity contribution in [1.82, 2.24) is 10.2 Å². The van der Waals surface area contributed by atoms with Gasteiger partial charge in [0, 0.05) is 31.7 Å². The van der Waals surface area contributed by atoms with Gasteiger partial charge in [0.15, 0.2) is 5.76 Å². The number of fused-ring (bicyclic) bond motifs is 1. The minimum atomic E-state index is 0.0527. The number of carbonyl (C=O) groups excluding carboxylic acids is 1. The summed E-state index contributed by atoms with van der Waals surface area (Å²) < 4.78 is 5.25. The van der Waals surface area contributed by atoms with Crippen molar-refractivity contribution < 1.29 is 9.21 Å². The van der Waals surface area contributed by atoms with Gasteiger partial charge in [-0.15, -0.1) is 0 Å². The van der Waals surface area contributed by atoms with Gasteiger partial charge in [-0.25, -0.2) is 0 Å². The molecule has 4 nitrogen and oxygen atoms in total. The van der Waals surface area contributed by atoms with E-state index in [1.54, 1.807) is 6.26 Å². The van der Waals surface area contributed by atoms with Crippen molar-refractivity contribution in [2.24, 2.45) is 11.8 Å². The minimum Gasteiger partial charge on any atom is -0.459 e. The van der Waals surface area contributed by atoms with Crippen LogP contribution >= 0.6 is 0 Å². The zero-order valence-corrected chi connectivity index (χ0v) is 9.40. The van der Waals surface area contributed by atoms with Gasteiger partial charge in [-0.1, -0.05) is 0 Å². The Kier molecular flexibility index (Phi) is 2.24. The first kappa shape index (κ1) is 9.90. The molecule has 0 bridgehead atoms. The van der Waals surface area contributed by atoms with E-state index in [2.05, 4.69) is 5.32 Å². The Labute approximate surface area is 94.6 Å². The number of likely N-dealkylation sites (tertiary alicyclic amines) is 1.